The van der Waals surface area contributed by atoms with Gasteiger partial charge in [-0.2, -0.15) is 0 Å². The Balaban J connectivity index is 1.56. The Hall–Kier alpha value is -2.34. The third kappa shape index (κ3) is 4.07. The molecule has 1 fully saturated rings. The van der Waals surface area contributed by atoms with Gasteiger partial charge in [0, 0.05) is 30.7 Å². The lowest BCUT2D eigenvalue weighted by atomic mass is 10.0. The fourth-order valence-corrected chi connectivity index (χ4v) is 3.57. The van der Waals surface area contributed by atoms with Crippen LogP contribution in [0.25, 0.3) is 22.1 Å². The van der Waals surface area contributed by atoms with Gasteiger partial charge < -0.3 is 13.9 Å². The highest BCUT2D eigenvalue weighted by Crippen LogP contribution is 2.27. The van der Waals surface area contributed by atoms with Crippen molar-refractivity contribution in [2.75, 3.05) is 39.5 Å². The SMILES string of the molecule is Cc1oc2cc(OCCN3CCOCC3)ccc2c(=O)c1-c1ccc(Cl)cc1. The van der Waals surface area contributed by atoms with Crippen LogP contribution < -0.4 is 10.2 Å². The van der Waals surface area contributed by atoms with Gasteiger partial charge in [0.2, 0.25) is 5.43 Å². The van der Waals surface area contributed by atoms with E-state index in [0.29, 0.717) is 39.7 Å². The predicted molar refractivity (Wildman–Crippen MR) is 110 cm³/mol. The summed E-state index contributed by atoms with van der Waals surface area (Å²) >= 11 is 5.96. The number of hydrogen-bond donors (Lipinski definition) is 0. The van der Waals surface area contributed by atoms with Gasteiger partial charge in [0.25, 0.3) is 0 Å². The second-order valence-corrected chi connectivity index (χ2v) is 7.27. The number of ether oxygens (including phenoxy) is 2. The fourth-order valence-electron chi connectivity index (χ4n) is 3.44. The lowest BCUT2D eigenvalue weighted by Crippen LogP contribution is -2.38. The molecule has 28 heavy (non-hydrogen) atoms. The van der Waals surface area contributed by atoms with Gasteiger partial charge in [0.1, 0.15) is 23.7 Å². The van der Waals surface area contributed by atoms with Gasteiger partial charge in [-0.05, 0) is 36.8 Å². The Bertz CT molecular complexity index is 1020. The Morgan fingerprint density at radius 3 is 2.61 bits per heavy atom. The Kier molecular flexibility index (Phi) is 5.67. The van der Waals surface area contributed by atoms with Crippen molar-refractivity contribution in [3.8, 4) is 16.9 Å². The van der Waals surface area contributed by atoms with Crippen LogP contribution in [0, 0.1) is 6.92 Å². The number of rotatable bonds is 5. The summed E-state index contributed by atoms with van der Waals surface area (Å²) in [7, 11) is 0. The summed E-state index contributed by atoms with van der Waals surface area (Å²) in [5, 5.41) is 1.17. The van der Waals surface area contributed by atoms with Crippen LogP contribution >= 0.6 is 11.6 Å². The molecule has 0 saturated carbocycles. The van der Waals surface area contributed by atoms with Crippen molar-refractivity contribution in [3.63, 3.8) is 0 Å². The normalized spacial score (nSPS) is 15.1. The molecule has 1 aromatic heterocycles. The zero-order chi connectivity index (χ0) is 19.5. The van der Waals surface area contributed by atoms with Crippen molar-refractivity contribution in [3.05, 3.63) is 63.5 Å². The average molecular weight is 400 g/mol. The van der Waals surface area contributed by atoms with E-state index < -0.39 is 0 Å². The summed E-state index contributed by atoms with van der Waals surface area (Å²) in [6.07, 6.45) is 0. The van der Waals surface area contributed by atoms with Crippen LogP contribution in [0.1, 0.15) is 5.76 Å². The summed E-state index contributed by atoms with van der Waals surface area (Å²) in [4.78, 5) is 15.3. The minimum absolute atomic E-state index is 0.0547. The lowest BCUT2D eigenvalue weighted by molar-refractivity contribution is 0.0322. The van der Waals surface area contributed by atoms with Crippen molar-refractivity contribution in [2.45, 2.75) is 6.92 Å². The average Bonchev–Trinajstić information content (AvgIpc) is 2.70. The van der Waals surface area contributed by atoms with Crippen molar-refractivity contribution in [1.29, 1.82) is 0 Å². The molecule has 146 valence electrons. The first kappa shape index (κ1) is 19.0. The van der Waals surface area contributed by atoms with Crippen LogP contribution in [-0.4, -0.2) is 44.4 Å². The second kappa shape index (κ2) is 8.35. The van der Waals surface area contributed by atoms with E-state index in [2.05, 4.69) is 4.90 Å². The lowest BCUT2D eigenvalue weighted by Gasteiger charge is -2.26. The number of morpholine rings is 1. The Morgan fingerprint density at radius 1 is 1.11 bits per heavy atom. The summed E-state index contributed by atoms with van der Waals surface area (Å²) in [5.41, 5.74) is 1.83. The number of benzene rings is 2. The third-order valence-electron chi connectivity index (χ3n) is 4.95. The molecular weight excluding hydrogens is 378 g/mol. The van der Waals surface area contributed by atoms with E-state index in [0.717, 1.165) is 38.4 Å². The molecule has 1 aliphatic heterocycles. The maximum Gasteiger partial charge on any atom is 0.200 e. The minimum atomic E-state index is -0.0547. The fraction of sp³-hybridized carbons (Fsp3) is 0.318. The van der Waals surface area contributed by atoms with Crippen LogP contribution in [0.15, 0.2) is 51.7 Å². The van der Waals surface area contributed by atoms with Crippen molar-refractivity contribution in [2.24, 2.45) is 0 Å². The van der Waals surface area contributed by atoms with Gasteiger partial charge in [0.15, 0.2) is 0 Å². The summed E-state index contributed by atoms with van der Waals surface area (Å²) < 4.78 is 17.2. The van der Waals surface area contributed by atoms with E-state index in [9.17, 15) is 4.79 Å². The third-order valence-corrected chi connectivity index (χ3v) is 5.20. The molecule has 0 unspecified atom stereocenters. The van der Waals surface area contributed by atoms with Gasteiger partial charge in [-0.15, -0.1) is 0 Å². The van der Waals surface area contributed by atoms with Gasteiger partial charge in [-0.1, -0.05) is 23.7 Å². The molecule has 0 spiro atoms. The topological polar surface area (TPSA) is 51.9 Å². The largest absolute Gasteiger partial charge is 0.492 e. The van der Waals surface area contributed by atoms with Crippen molar-refractivity contribution in [1.82, 2.24) is 4.90 Å². The molecule has 1 aliphatic rings. The molecule has 0 bridgehead atoms. The molecule has 0 atom stereocenters. The van der Waals surface area contributed by atoms with Gasteiger partial charge >= 0.3 is 0 Å². The smallest absolute Gasteiger partial charge is 0.200 e. The first-order valence-electron chi connectivity index (χ1n) is 9.38. The van der Waals surface area contributed by atoms with Gasteiger partial charge in [-0.25, -0.2) is 0 Å². The highest BCUT2D eigenvalue weighted by molar-refractivity contribution is 6.30. The van der Waals surface area contributed by atoms with Crippen LogP contribution in [0.3, 0.4) is 0 Å². The molecule has 2 heterocycles. The number of hydrogen-bond acceptors (Lipinski definition) is 5. The molecule has 0 radical (unpaired) electrons. The molecule has 2 aromatic carbocycles. The Morgan fingerprint density at radius 2 is 1.86 bits per heavy atom. The highest BCUT2D eigenvalue weighted by atomic mass is 35.5. The maximum absolute atomic E-state index is 13.0. The van der Waals surface area contributed by atoms with Crippen LogP contribution in [0.5, 0.6) is 5.75 Å². The predicted octanol–water partition coefficient (Wildman–Crippen LogP) is 4.13. The summed E-state index contributed by atoms with van der Waals surface area (Å²) in [6, 6.07) is 12.6. The van der Waals surface area contributed by atoms with Gasteiger partial charge in [0.05, 0.1) is 24.2 Å². The monoisotopic (exact) mass is 399 g/mol. The molecule has 1 saturated heterocycles. The van der Waals surface area contributed by atoms with E-state index in [1.54, 1.807) is 31.2 Å². The number of nitrogens with zero attached hydrogens (tertiary/aromatic N) is 1. The van der Waals surface area contributed by atoms with Crippen molar-refractivity contribution < 1.29 is 13.9 Å². The van der Waals surface area contributed by atoms with E-state index in [4.69, 9.17) is 25.5 Å². The number of fused-ring (bicyclic) bond motifs is 1. The minimum Gasteiger partial charge on any atom is -0.492 e. The quantitative estimate of drug-likeness (QED) is 0.645. The van der Waals surface area contributed by atoms with Crippen molar-refractivity contribution >= 4 is 22.6 Å². The highest BCUT2D eigenvalue weighted by Gasteiger charge is 2.15. The Labute approximate surface area is 168 Å². The van der Waals surface area contributed by atoms with Gasteiger partial charge in [-0.3, -0.25) is 9.69 Å². The van der Waals surface area contributed by atoms with Crippen LogP contribution in [-0.2, 0) is 4.74 Å². The molecule has 5 nitrogen and oxygen atoms in total. The number of aryl methyl sites for hydroxylation is 1. The number of halogens is 1. The molecule has 3 aromatic rings. The molecular formula is C22H22ClNO4. The van der Waals surface area contributed by atoms with E-state index in [-0.39, 0.29) is 5.43 Å². The zero-order valence-electron chi connectivity index (χ0n) is 15.7. The molecule has 0 N–H and O–H groups in total. The molecule has 4 rings (SSSR count). The van der Waals surface area contributed by atoms with Crippen LogP contribution in [0.4, 0.5) is 0 Å². The van der Waals surface area contributed by atoms with E-state index in [1.165, 1.54) is 0 Å². The zero-order valence-corrected chi connectivity index (χ0v) is 16.5. The van der Waals surface area contributed by atoms with Crippen LogP contribution in [0.2, 0.25) is 5.02 Å². The second-order valence-electron chi connectivity index (χ2n) is 6.83. The first-order chi connectivity index (χ1) is 13.6. The van der Waals surface area contributed by atoms with E-state index in [1.807, 2.05) is 18.2 Å². The molecule has 6 heteroatoms. The standard InChI is InChI=1S/C22H22ClNO4/c1-15-21(16-2-4-17(23)5-3-16)22(25)19-7-6-18(14-20(19)28-15)27-13-10-24-8-11-26-12-9-24/h2-7,14H,8-13H2,1H3. The first-order valence-corrected chi connectivity index (χ1v) is 9.76. The summed E-state index contributed by atoms with van der Waals surface area (Å²) in [5.74, 6) is 1.27. The molecule has 0 aliphatic carbocycles. The maximum atomic E-state index is 13.0. The molecule has 0 amide bonds. The summed E-state index contributed by atoms with van der Waals surface area (Å²) in [6.45, 7) is 6.65. The van der Waals surface area contributed by atoms with E-state index >= 15 is 0 Å².